The van der Waals surface area contributed by atoms with Crippen LogP contribution in [0.15, 0.2) is 59.0 Å². The van der Waals surface area contributed by atoms with Crippen LogP contribution >= 0.6 is 11.6 Å². The highest BCUT2D eigenvalue weighted by Gasteiger charge is 2.13. The van der Waals surface area contributed by atoms with Gasteiger partial charge in [0, 0.05) is 23.3 Å². The van der Waals surface area contributed by atoms with E-state index in [1.54, 1.807) is 30.3 Å². The van der Waals surface area contributed by atoms with Gasteiger partial charge in [-0.3, -0.25) is 14.9 Å². The van der Waals surface area contributed by atoms with Gasteiger partial charge >= 0.3 is 0 Å². The van der Waals surface area contributed by atoms with E-state index in [4.69, 9.17) is 21.1 Å². The van der Waals surface area contributed by atoms with Crippen molar-refractivity contribution >= 4 is 28.9 Å². The van der Waals surface area contributed by atoms with E-state index in [1.807, 2.05) is 0 Å². The van der Waals surface area contributed by atoms with Crippen LogP contribution in [0.5, 0.6) is 0 Å². The van der Waals surface area contributed by atoms with Crippen molar-refractivity contribution < 1.29 is 19.2 Å². The van der Waals surface area contributed by atoms with E-state index < -0.39 is 10.8 Å². The molecule has 26 heavy (non-hydrogen) atoms. The van der Waals surface area contributed by atoms with Crippen LogP contribution in [-0.4, -0.2) is 15.9 Å². The molecule has 0 aliphatic heterocycles. The maximum atomic E-state index is 12.3. The summed E-state index contributed by atoms with van der Waals surface area (Å²) in [6.45, 7) is -0.211. The molecular weight excluding hydrogens is 360 g/mol. The quantitative estimate of drug-likeness (QED) is 0.514. The van der Waals surface area contributed by atoms with Gasteiger partial charge in [-0.05, 0) is 42.5 Å². The van der Waals surface area contributed by atoms with E-state index in [0.717, 1.165) is 0 Å². The van der Waals surface area contributed by atoms with E-state index in [-0.39, 0.29) is 17.9 Å². The van der Waals surface area contributed by atoms with E-state index >= 15 is 0 Å². The summed E-state index contributed by atoms with van der Waals surface area (Å²) in [5, 5.41) is 22.8. The fourth-order valence-corrected chi connectivity index (χ4v) is 2.49. The first-order chi connectivity index (χ1) is 12.5. The highest BCUT2D eigenvalue weighted by Crippen LogP contribution is 2.30. The molecule has 132 valence electrons. The normalized spacial score (nSPS) is 10.5. The number of non-ortho nitro benzene ring substituents is 1. The Balaban J connectivity index is 1.83. The predicted octanol–water partition coefficient (Wildman–Crippen LogP) is 4.25. The molecule has 0 saturated carbocycles. The molecule has 0 saturated heterocycles. The van der Waals surface area contributed by atoms with Gasteiger partial charge < -0.3 is 14.8 Å². The van der Waals surface area contributed by atoms with E-state index in [2.05, 4.69) is 5.32 Å². The molecule has 1 aromatic heterocycles. The minimum atomic E-state index is -0.536. The van der Waals surface area contributed by atoms with E-state index in [0.29, 0.717) is 27.8 Å². The summed E-state index contributed by atoms with van der Waals surface area (Å²) in [5.41, 5.74) is 1.21. The van der Waals surface area contributed by atoms with E-state index in [1.165, 1.54) is 24.3 Å². The lowest BCUT2D eigenvalue weighted by Gasteiger charge is -2.09. The number of amides is 1. The average Bonchev–Trinajstić information content (AvgIpc) is 3.12. The topological polar surface area (TPSA) is 106 Å². The molecule has 3 rings (SSSR count). The Bertz CT molecular complexity index is 966. The number of furan rings is 1. The van der Waals surface area contributed by atoms with Gasteiger partial charge in [-0.2, -0.15) is 0 Å². The van der Waals surface area contributed by atoms with Crippen LogP contribution in [0.4, 0.5) is 11.4 Å². The first kappa shape index (κ1) is 17.7. The molecule has 3 aromatic rings. The fraction of sp³-hybridized carbons (Fsp3) is 0.0556. The Morgan fingerprint density at radius 3 is 2.50 bits per heavy atom. The number of carbonyl (C=O) groups excluding carboxylic acids is 1. The molecule has 1 heterocycles. The van der Waals surface area contributed by atoms with Crippen molar-refractivity contribution in [3.63, 3.8) is 0 Å². The summed E-state index contributed by atoms with van der Waals surface area (Å²) in [5.74, 6) is 0.498. The molecule has 1 amide bonds. The third-order valence-corrected chi connectivity index (χ3v) is 3.99. The number of benzene rings is 2. The maximum Gasteiger partial charge on any atom is 0.269 e. The summed E-state index contributed by atoms with van der Waals surface area (Å²) in [7, 11) is 0. The summed E-state index contributed by atoms with van der Waals surface area (Å²) >= 11 is 6.14. The van der Waals surface area contributed by atoms with Crippen molar-refractivity contribution in [1.29, 1.82) is 0 Å². The fourth-order valence-electron chi connectivity index (χ4n) is 2.32. The molecule has 0 fully saturated rings. The summed E-state index contributed by atoms with van der Waals surface area (Å²) in [6.07, 6.45) is 0. The number of aliphatic hydroxyl groups excluding tert-OH is 1. The number of halogens is 1. The highest BCUT2D eigenvalue weighted by atomic mass is 35.5. The van der Waals surface area contributed by atoms with Crippen LogP contribution in [0.25, 0.3) is 11.3 Å². The zero-order chi connectivity index (χ0) is 18.7. The zero-order valence-corrected chi connectivity index (χ0v) is 14.1. The van der Waals surface area contributed by atoms with Crippen LogP contribution in [0.3, 0.4) is 0 Å². The van der Waals surface area contributed by atoms with Crippen molar-refractivity contribution in [2.75, 3.05) is 5.32 Å². The van der Waals surface area contributed by atoms with Crippen LogP contribution < -0.4 is 5.32 Å². The predicted molar refractivity (Wildman–Crippen MR) is 96.1 cm³/mol. The largest absolute Gasteiger partial charge is 0.459 e. The van der Waals surface area contributed by atoms with Crippen LogP contribution in [0, 0.1) is 10.1 Å². The van der Waals surface area contributed by atoms with Gasteiger partial charge in [0.05, 0.1) is 15.6 Å². The lowest BCUT2D eigenvalue weighted by molar-refractivity contribution is -0.384. The molecule has 0 unspecified atom stereocenters. The molecule has 8 heteroatoms. The van der Waals surface area contributed by atoms with Gasteiger partial charge in [-0.1, -0.05) is 11.6 Å². The Morgan fingerprint density at radius 2 is 1.88 bits per heavy atom. The van der Waals surface area contributed by atoms with Gasteiger partial charge in [-0.25, -0.2) is 0 Å². The molecule has 0 aliphatic rings. The zero-order valence-electron chi connectivity index (χ0n) is 13.3. The molecule has 0 aliphatic carbocycles. The third kappa shape index (κ3) is 3.74. The Labute approximate surface area is 153 Å². The molecule has 2 N–H and O–H groups in total. The van der Waals surface area contributed by atoms with E-state index in [9.17, 15) is 14.9 Å². The number of nitro benzene ring substituents is 1. The minimum absolute atomic E-state index is 0.0981. The Hall–Kier alpha value is -3.16. The third-order valence-electron chi connectivity index (χ3n) is 3.66. The highest BCUT2D eigenvalue weighted by molar-refractivity contribution is 6.34. The number of rotatable bonds is 5. The number of anilines is 1. The second kappa shape index (κ2) is 7.38. The van der Waals surface area contributed by atoms with Gasteiger partial charge in [0.25, 0.3) is 11.6 Å². The first-order valence-corrected chi connectivity index (χ1v) is 7.91. The minimum Gasteiger partial charge on any atom is -0.459 e. The van der Waals surface area contributed by atoms with Crippen LogP contribution in [0.2, 0.25) is 5.02 Å². The second-order valence-corrected chi connectivity index (χ2v) is 5.78. The number of nitrogens with zero attached hydrogens (tertiary/aromatic N) is 1. The second-order valence-electron chi connectivity index (χ2n) is 5.38. The molecule has 0 bridgehead atoms. The number of nitrogens with one attached hydrogen (secondary N) is 1. The molecule has 0 spiro atoms. The number of carbonyl (C=O) groups is 1. The van der Waals surface area contributed by atoms with Crippen molar-refractivity contribution in [1.82, 2.24) is 0 Å². The number of hydrogen-bond donors (Lipinski definition) is 2. The first-order valence-electron chi connectivity index (χ1n) is 7.53. The summed E-state index contributed by atoms with van der Waals surface area (Å²) in [6, 6.07) is 13.6. The van der Waals surface area contributed by atoms with Crippen molar-refractivity contribution in [2.24, 2.45) is 0 Å². The van der Waals surface area contributed by atoms with Crippen LogP contribution in [0.1, 0.15) is 16.1 Å². The monoisotopic (exact) mass is 372 g/mol. The molecule has 0 atom stereocenters. The summed E-state index contributed by atoms with van der Waals surface area (Å²) in [4.78, 5) is 22.5. The van der Waals surface area contributed by atoms with Crippen molar-refractivity contribution in [2.45, 2.75) is 6.61 Å². The summed E-state index contributed by atoms with van der Waals surface area (Å²) < 4.78 is 5.47. The molecule has 0 radical (unpaired) electrons. The lowest BCUT2D eigenvalue weighted by Crippen LogP contribution is -2.12. The lowest BCUT2D eigenvalue weighted by atomic mass is 10.1. The molecule has 7 nitrogen and oxygen atoms in total. The van der Waals surface area contributed by atoms with Gasteiger partial charge in [0.2, 0.25) is 0 Å². The van der Waals surface area contributed by atoms with Crippen molar-refractivity contribution in [3.05, 3.63) is 81.1 Å². The standard InChI is InChI=1S/C18H13ClN2O5/c19-15-7-3-12(17-8-6-14(10-22)26-17)9-16(15)20-18(23)11-1-4-13(5-2-11)21(24)25/h1-9,22H,10H2,(H,20,23). The SMILES string of the molecule is O=C(Nc1cc(-c2ccc(CO)o2)ccc1Cl)c1ccc([N+](=O)[O-])cc1. The number of aliphatic hydroxyl groups is 1. The van der Waals surface area contributed by atoms with Gasteiger partial charge in [0.1, 0.15) is 18.1 Å². The van der Waals surface area contributed by atoms with Crippen molar-refractivity contribution in [3.8, 4) is 11.3 Å². The molecule has 2 aromatic carbocycles. The van der Waals surface area contributed by atoms with Gasteiger partial charge in [0.15, 0.2) is 0 Å². The Kier molecular flexibility index (Phi) is 5.01. The van der Waals surface area contributed by atoms with Crippen LogP contribution in [-0.2, 0) is 6.61 Å². The van der Waals surface area contributed by atoms with Gasteiger partial charge in [-0.15, -0.1) is 0 Å². The maximum absolute atomic E-state index is 12.3. The smallest absolute Gasteiger partial charge is 0.269 e. The number of nitro groups is 1. The number of hydrogen-bond acceptors (Lipinski definition) is 5. The molecular formula is C18H13ClN2O5. The Morgan fingerprint density at radius 1 is 1.15 bits per heavy atom. The average molecular weight is 373 g/mol.